The Hall–Kier alpha value is -7.66. The van der Waals surface area contributed by atoms with Crippen molar-refractivity contribution in [3.05, 3.63) is 85.4 Å². The first-order valence-corrected chi connectivity index (χ1v) is 20.8. The number of aromatic amines is 1. The quantitative estimate of drug-likeness (QED) is 0.0899. The third kappa shape index (κ3) is 31.8. The molecule has 24 heteroatoms. The highest BCUT2D eigenvalue weighted by Gasteiger charge is 2.07. The average Bonchev–Trinajstić information content (AvgIpc) is 4.05. The maximum absolute atomic E-state index is 11.2. The minimum absolute atomic E-state index is 0.108. The van der Waals surface area contributed by atoms with Crippen molar-refractivity contribution in [3.63, 3.8) is 0 Å². The maximum Gasteiger partial charge on any atom is 0.320 e. The van der Waals surface area contributed by atoms with Gasteiger partial charge in [-0.1, -0.05) is 11.2 Å². The molecule has 1 aliphatic rings. The van der Waals surface area contributed by atoms with E-state index < -0.39 is 0 Å². The third-order valence-electron chi connectivity index (χ3n) is 6.75. The van der Waals surface area contributed by atoms with Crippen molar-refractivity contribution in [1.29, 1.82) is 0 Å². The first-order chi connectivity index (χ1) is 30.9. The Labute approximate surface area is 379 Å². The minimum atomic E-state index is -0.279. The number of H-pyrrole nitrogens is 1. The van der Waals surface area contributed by atoms with Crippen LogP contribution in [0.2, 0.25) is 0 Å². The summed E-state index contributed by atoms with van der Waals surface area (Å²) in [6, 6.07) is 6.50. The van der Waals surface area contributed by atoms with Crippen LogP contribution >= 0.6 is 0 Å². The molecule has 5 heterocycles. The molecule has 0 spiro atoms. The Kier molecular flexibility index (Phi) is 28.1. The van der Waals surface area contributed by atoms with E-state index in [1.165, 1.54) is 12.6 Å². The van der Waals surface area contributed by atoms with Gasteiger partial charge in [0, 0.05) is 54.9 Å². The summed E-state index contributed by atoms with van der Waals surface area (Å²) in [4.78, 5) is 75.3. The molecule has 356 valence electrons. The standard InChI is InChI=1S/C9H14N4O.C9H15N3O.C9H13N3O.C7H13N5O.C7H11N3O2/c1-7(2)13-9(14)12-6-8-10-4-3-5-11-8;1-7(2)12-9(13)11-6-8-4-3-5-10-8;1-7(2)11-9(13)12-8-4-3-5-10-6-8;1-5(2)11-7(13)8-3-6-9-4-10-12-6;1-5(2)8-7(11)9-6-3-4-12-10-6/h3-5,7H,6H2,1-2H3,(H2,12,13,14);3-4,7H,5-6H2,1-2H3,(H2,11,12,13);3-7H,1-2H3,(H2,11,12,13);4-5H,3H2,1-2H3,(H2,8,11,13)(H,9,10,12);3-5H,1-2H3,(H2,8,9,10,11). The molecule has 0 unspecified atom stereocenters. The van der Waals surface area contributed by atoms with Gasteiger partial charge in [0.15, 0.2) is 5.82 Å². The molecule has 4 aromatic heterocycles. The van der Waals surface area contributed by atoms with Crippen LogP contribution < -0.4 is 53.2 Å². The molecule has 0 bridgehead atoms. The van der Waals surface area contributed by atoms with Gasteiger partial charge < -0.3 is 52.4 Å². The number of rotatable bonds is 13. The van der Waals surface area contributed by atoms with E-state index in [0.29, 0.717) is 42.8 Å². The topological polar surface area (TPSA) is 324 Å². The minimum Gasteiger partial charge on any atom is -0.363 e. The molecule has 10 amide bonds. The molecule has 0 radical (unpaired) electrons. The van der Waals surface area contributed by atoms with Crippen molar-refractivity contribution in [2.75, 3.05) is 23.7 Å². The Morgan fingerprint density at radius 1 is 0.631 bits per heavy atom. The molecule has 65 heavy (non-hydrogen) atoms. The molecule has 0 atom stereocenters. The van der Waals surface area contributed by atoms with Crippen molar-refractivity contribution < 1.29 is 28.5 Å². The number of nitrogens with one attached hydrogen (secondary N) is 11. The van der Waals surface area contributed by atoms with Crippen LogP contribution in [0.4, 0.5) is 35.5 Å². The smallest absolute Gasteiger partial charge is 0.320 e. The lowest BCUT2D eigenvalue weighted by atomic mass is 10.3. The van der Waals surface area contributed by atoms with Crippen molar-refractivity contribution in [3.8, 4) is 0 Å². The molecule has 5 rings (SSSR count). The number of hydrogen-bond acceptors (Lipinski definition) is 13. The fourth-order valence-corrected chi connectivity index (χ4v) is 4.25. The summed E-state index contributed by atoms with van der Waals surface area (Å²) < 4.78 is 4.53. The van der Waals surface area contributed by atoms with Crippen LogP contribution in [0.3, 0.4) is 0 Å². The van der Waals surface area contributed by atoms with E-state index in [4.69, 9.17) is 0 Å². The van der Waals surface area contributed by atoms with E-state index >= 15 is 0 Å². The Balaban J connectivity index is 0.000000407. The first kappa shape index (κ1) is 55.4. The number of nitrogens with zero attached hydrogens (tertiary/aromatic N) is 7. The fraction of sp³-hybridized carbons (Fsp3) is 0.463. The second kappa shape index (κ2) is 33.0. The van der Waals surface area contributed by atoms with Crippen LogP contribution in [0.25, 0.3) is 0 Å². The van der Waals surface area contributed by atoms with Gasteiger partial charge in [-0.05, 0) is 93.5 Å². The summed E-state index contributed by atoms with van der Waals surface area (Å²) in [6.07, 6.45) is 13.2. The van der Waals surface area contributed by atoms with Crippen molar-refractivity contribution in [2.24, 2.45) is 4.99 Å². The zero-order chi connectivity index (χ0) is 48.4. The molecular weight excluding hydrogens is 841 g/mol. The van der Waals surface area contributed by atoms with E-state index in [1.807, 2.05) is 81.4 Å². The summed E-state index contributed by atoms with van der Waals surface area (Å²) in [5.74, 6) is 1.65. The average molecular weight is 907 g/mol. The normalized spacial score (nSPS) is 10.8. The summed E-state index contributed by atoms with van der Waals surface area (Å²) in [5, 5.41) is 36.5. The Bertz CT molecular complexity index is 1960. The molecule has 11 N–H and O–H groups in total. The number of urea groups is 5. The maximum atomic E-state index is 11.2. The van der Waals surface area contributed by atoms with Gasteiger partial charge in [0.1, 0.15) is 24.2 Å². The number of aliphatic imine (C=N–C) groups is 1. The highest BCUT2D eigenvalue weighted by Crippen LogP contribution is 2.02. The highest BCUT2D eigenvalue weighted by atomic mass is 16.5. The number of amides is 10. The molecule has 0 aromatic carbocycles. The van der Waals surface area contributed by atoms with E-state index in [1.54, 1.807) is 49.1 Å². The SMILES string of the molecule is CC(C)NC(=O)NCC1=NCC=C1.CC(C)NC(=O)NCc1ncccn1.CC(C)NC(=O)NCc1ncn[nH]1.CC(C)NC(=O)Nc1cccnc1.CC(C)NC(=O)Nc1ccon1. The largest absolute Gasteiger partial charge is 0.363 e. The van der Waals surface area contributed by atoms with E-state index in [-0.39, 0.29) is 60.4 Å². The Morgan fingerprint density at radius 3 is 1.63 bits per heavy atom. The molecule has 1 aliphatic heterocycles. The van der Waals surface area contributed by atoms with Gasteiger partial charge in [-0.3, -0.25) is 20.4 Å². The lowest BCUT2D eigenvalue weighted by molar-refractivity contribution is 0.237. The summed E-state index contributed by atoms with van der Waals surface area (Å²) in [6.45, 7) is 21.0. The van der Waals surface area contributed by atoms with Gasteiger partial charge in [0.2, 0.25) is 0 Å². The lowest BCUT2D eigenvalue weighted by Crippen LogP contribution is -2.41. The molecule has 0 aliphatic carbocycles. The molecule has 0 fully saturated rings. The number of anilines is 2. The van der Waals surface area contributed by atoms with Crippen LogP contribution in [-0.2, 0) is 13.1 Å². The predicted octanol–water partition coefficient (Wildman–Crippen LogP) is 4.22. The van der Waals surface area contributed by atoms with Crippen molar-refractivity contribution in [2.45, 2.75) is 113 Å². The van der Waals surface area contributed by atoms with Crippen LogP contribution in [0.5, 0.6) is 0 Å². The van der Waals surface area contributed by atoms with Gasteiger partial charge in [-0.15, -0.1) is 0 Å². The van der Waals surface area contributed by atoms with E-state index in [2.05, 4.69) is 98.0 Å². The summed E-state index contributed by atoms with van der Waals surface area (Å²) >= 11 is 0. The van der Waals surface area contributed by atoms with Gasteiger partial charge in [-0.2, -0.15) is 5.10 Å². The zero-order valence-corrected chi connectivity index (χ0v) is 38.7. The monoisotopic (exact) mass is 907 g/mol. The van der Waals surface area contributed by atoms with Crippen LogP contribution in [-0.4, -0.2) is 114 Å². The molecular formula is C41H66N18O6. The van der Waals surface area contributed by atoms with Crippen LogP contribution in [0.15, 0.2) is 83.3 Å². The number of carbonyl (C=O) groups is 5. The van der Waals surface area contributed by atoms with Crippen LogP contribution in [0.1, 0.15) is 80.9 Å². The van der Waals surface area contributed by atoms with E-state index in [0.717, 1.165) is 12.3 Å². The number of aromatic nitrogens is 7. The van der Waals surface area contributed by atoms with Crippen molar-refractivity contribution >= 4 is 47.4 Å². The van der Waals surface area contributed by atoms with Gasteiger partial charge >= 0.3 is 30.2 Å². The first-order valence-electron chi connectivity index (χ1n) is 20.8. The molecule has 24 nitrogen and oxygen atoms in total. The molecule has 4 aromatic rings. The number of carbonyl (C=O) groups excluding carboxylic acids is 5. The number of hydrogen-bond donors (Lipinski definition) is 11. The fourth-order valence-electron chi connectivity index (χ4n) is 4.25. The second-order valence-corrected chi connectivity index (χ2v) is 14.9. The highest BCUT2D eigenvalue weighted by molar-refractivity contribution is 5.99. The van der Waals surface area contributed by atoms with Gasteiger partial charge in [0.25, 0.3) is 0 Å². The van der Waals surface area contributed by atoms with Gasteiger partial charge in [0.05, 0.1) is 43.8 Å². The summed E-state index contributed by atoms with van der Waals surface area (Å²) in [7, 11) is 0. The molecule has 0 saturated carbocycles. The lowest BCUT2D eigenvalue weighted by Gasteiger charge is -2.09. The second-order valence-electron chi connectivity index (χ2n) is 14.9. The molecule has 0 saturated heterocycles. The van der Waals surface area contributed by atoms with E-state index in [9.17, 15) is 24.0 Å². The Morgan fingerprint density at radius 2 is 1.17 bits per heavy atom. The summed E-state index contributed by atoms with van der Waals surface area (Å²) in [5.41, 5.74) is 1.62. The predicted molar refractivity (Wildman–Crippen MR) is 248 cm³/mol. The van der Waals surface area contributed by atoms with Crippen LogP contribution in [0, 0.1) is 0 Å². The van der Waals surface area contributed by atoms with Crippen molar-refractivity contribution in [1.82, 2.24) is 77.8 Å². The zero-order valence-electron chi connectivity index (χ0n) is 38.7. The van der Waals surface area contributed by atoms with Gasteiger partial charge in [-0.25, -0.2) is 38.9 Å². The number of pyridine rings is 1. The third-order valence-corrected chi connectivity index (χ3v) is 6.75.